The predicted octanol–water partition coefficient (Wildman–Crippen LogP) is 3.24. The van der Waals surface area contributed by atoms with E-state index in [-0.39, 0.29) is 11.4 Å². The van der Waals surface area contributed by atoms with Gasteiger partial charge in [-0.2, -0.15) is 4.98 Å². The van der Waals surface area contributed by atoms with Gasteiger partial charge in [-0.3, -0.25) is 10.1 Å². The topological polar surface area (TPSA) is 81.4 Å². The number of ether oxygens (including phenoxy) is 1. The summed E-state index contributed by atoms with van der Waals surface area (Å²) in [5.74, 6) is -0.471. The molecule has 0 atom stereocenters. The van der Waals surface area contributed by atoms with Crippen molar-refractivity contribution in [2.75, 3.05) is 31.2 Å². The molecule has 1 saturated heterocycles. The number of morpholine rings is 1. The minimum Gasteiger partial charge on any atom is -0.378 e. The zero-order valence-corrected chi connectivity index (χ0v) is 13.8. The fraction of sp³-hybridized carbons (Fsp3) is 0.250. The zero-order chi connectivity index (χ0) is 17.4. The molecular formula is C16H13FN4O3S. The van der Waals surface area contributed by atoms with Gasteiger partial charge >= 0.3 is 0 Å². The van der Waals surface area contributed by atoms with Crippen LogP contribution in [0.4, 0.5) is 15.2 Å². The van der Waals surface area contributed by atoms with Gasteiger partial charge < -0.3 is 9.64 Å². The SMILES string of the molecule is O=[N+]([O-])c1cc2sc(N3CCOCC3)nc2nc1-c1cccc(F)c1. The Morgan fingerprint density at radius 1 is 1.24 bits per heavy atom. The van der Waals surface area contributed by atoms with E-state index in [0.717, 1.165) is 18.2 Å². The number of halogens is 1. The predicted molar refractivity (Wildman–Crippen MR) is 92.5 cm³/mol. The number of aromatic nitrogens is 2. The van der Waals surface area contributed by atoms with Crippen LogP contribution < -0.4 is 4.90 Å². The van der Waals surface area contributed by atoms with Gasteiger partial charge in [0, 0.05) is 24.7 Å². The number of hydrogen-bond acceptors (Lipinski definition) is 7. The molecule has 3 aromatic rings. The largest absolute Gasteiger partial charge is 0.378 e. The summed E-state index contributed by atoms with van der Waals surface area (Å²) < 4.78 is 19.5. The quantitative estimate of drug-likeness (QED) is 0.527. The number of rotatable bonds is 3. The monoisotopic (exact) mass is 360 g/mol. The van der Waals surface area contributed by atoms with Crippen LogP contribution in [0.5, 0.6) is 0 Å². The fourth-order valence-corrected chi connectivity index (χ4v) is 3.71. The van der Waals surface area contributed by atoms with Crippen molar-refractivity contribution >= 4 is 32.5 Å². The molecular weight excluding hydrogens is 347 g/mol. The molecule has 0 unspecified atom stereocenters. The third kappa shape index (κ3) is 3.03. The van der Waals surface area contributed by atoms with Crippen molar-refractivity contribution in [3.05, 3.63) is 46.3 Å². The molecule has 3 heterocycles. The Balaban J connectivity index is 1.84. The van der Waals surface area contributed by atoms with Gasteiger partial charge in [-0.1, -0.05) is 23.5 Å². The molecule has 2 aromatic heterocycles. The lowest BCUT2D eigenvalue weighted by Gasteiger charge is -2.25. The molecule has 4 rings (SSSR count). The summed E-state index contributed by atoms with van der Waals surface area (Å²) in [7, 11) is 0. The van der Waals surface area contributed by atoms with Gasteiger partial charge in [0.2, 0.25) is 0 Å². The average Bonchev–Trinajstić information content (AvgIpc) is 3.04. The number of hydrogen-bond donors (Lipinski definition) is 0. The Morgan fingerprint density at radius 2 is 2.04 bits per heavy atom. The molecule has 1 aromatic carbocycles. The van der Waals surface area contributed by atoms with Gasteiger partial charge in [0.15, 0.2) is 16.5 Å². The molecule has 0 aliphatic carbocycles. The first kappa shape index (κ1) is 15.9. The van der Waals surface area contributed by atoms with Crippen molar-refractivity contribution in [2.24, 2.45) is 0 Å². The molecule has 0 amide bonds. The van der Waals surface area contributed by atoms with E-state index in [4.69, 9.17) is 4.74 Å². The van der Waals surface area contributed by atoms with E-state index in [0.29, 0.717) is 29.1 Å². The van der Waals surface area contributed by atoms with Gasteiger partial charge in [0.1, 0.15) is 5.82 Å². The summed E-state index contributed by atoms with van der Waals surface area (Å²) in [6, 6.07) is 7.08. The number of nitro groups is 1. The molecule has 0 radical (unpaired) electrons. The highest BCUT2D eigenvalue weighted by Crippen LogP contribution is 2.36. The summed E-state index contributed by atoms with van der Waals surface area (Å²) in [5.41, 5.74) is 0.747. The Kier molecular flexibility index (Phi) is 4.02. The van der Waals surface area contributed by atoms with Crippen LogP contribution in [0.15, 0.2) is 30.3 Å². The third-order valence-corrected chi connectivity index (χ3v) is 4.98. The standard InChI is InChI=1S/C16H13FN4O3S/c17-11-3-1-2-10(8-11)14-12(21(22)23)9-13-15(18-14)19-16(25-13)20-4-6-24-7-5-20/h1-3,8-9H,4-7H2. The van der Waals surface area contributed by atoms with Crippen LogP contribution in [0, 0.1) is 15.9 Å². The molecule has 0 spiro atoms. The van der Waals surface area contributed by atoms with Gasteiger partial charge in [-0.25, -0.2) is 9.37 Å². The summed E-state index contributed by atoms with van der Waals surface area (Å²) in [5, 5.41) is 12.2. The second-order valence-corrected chi connectivity index (χ2v) is 6.55. The van der Waals surface area contributed by atoms with E-state index in [1.54, 1.807) is 6.07 Å². The van der Waals surface area contributed by atoms with Crippen molar-refractivity contribution in [1.29, 1.82) is 0 Å². The normalized spacial score (nSPS) is 14.8. The van der Waals surface area contributed by atoms with Crippen molar-refractivity contribution in [2.45, 2.75) is 0 Å². The van der Waals surface area contributed by atoms with Gasteiger partial charge in [0.25, 0.3) is 5.69 Å². The van der Waals surface area contributed by atoms with Gasteiger partial charge in [-0.05, 0) is 12.1 Å². The van der Waals surface area contributed by atoms with Crippen molar-refractivity contribution < 1.29 is 14.1 Å². The maximum absolute atomic E-state index is 13.5. The van der Waals surface area contributed by atoms with Gasteiger partial charge in [-0.15, -0.1) is 0 Å². The van der Waals surface area contributed by atoms with Crippen LogP contribution in [-0.4, -0.2) is 41.2 Å². The lowest BCUT2D eigenvalue weighted by atomic mass is 10.1. The molecule has 1 fully saturated rings. The highest BCUT2D eigenvalue weighted by atomic mass is 32.1. The Labute approximate surface area is 145 Å². The third-order valence-electron chi connectivity index (χ3n) is 3.93. The van der Waals surface area contributed by atoms with Crippen LogP contribution >= 0.6 is 11.3 Å². The number of benzene rings is 1. The van der Waals surface area contributed by atoms with Crippen LogP contribution in [0.3, 0.4) is 0 Å². The van der Waals surface area contributed by atoms with Crippen LogP contribution in [0.25, 0.3) is 21.6 Å². The minimum atomic E-state index is -0.499. The first-order valence-corrected chi connectivity index (χ1v) is 8.48. The lowest BCUT2D eigenvalue weighted by molar-refractivity contribution is -0.384. The van der Waals surface area contributed by atoms with E-state index in [2.05, 4.69) is 14.9 Å². The highest BCUT2D eigenvalue weighted by molar-refractivity contribution is 7.22. The van der Waals surface area contributed by atoms with Crippen molar-refractivity contribution in [3.63, 3.8) is 0 Å². The average molecular weight is 360 g/mol. The molecule has 25 heavy (non-hydrogen) atoms. The van der Waals surface area contributed by atoms with Crippen LogP contribution in [0.1, 0.15) is 0 Å². The molecule has 1 aliphatic heterocycles. The van der Waals surface area contributed by atoms with E-state index in [9.17, 15) is 14.5 Å². The molecule has 1 aliphatic rings. The number of pyridine rings is 1. The number of anilines is 1. The summed E-state index contributed by atoms with van der Waals surface area (Å²) in [6.45, 7) is 2.69. The van der Waals surface area contributed by atoms with E-state index in [1.165, 1.54) is 35.6 Å². The first-order chi connectivity index (χ1) is 12.1. The summed E-state index contributed by atoms with van der Waals surface area (Å²) in [4.78, 5) is 21.9. The Morgan fingerprint density at radius 3 is 2.76 bits per heavy atom. The van der Waals surface area contributed by atoms with Crippen molar-refractivity contribution in [1.82, 2.24) is 9.97 Å². The maximum atomic E-state index is 13.5. The maximum Gasteiger partial charge on any atom is 0.297 e. The van der Waals surface area contributed by atoms with E-state index >= 15 is 0 Å². The summed E-state index contributed by atoms with van der Waals surface area (Å²) >= 11 is 1.36. The number of nitrogens with zero attached hydrogens (tertiary/aromatic N) is 4. The number of fused-ring (bicyclic) bond motifs is 1. The van der Waals surface area contributed by atoms with Crippen LogP contribution in [0.2, 0.25) is 0 Å². The summed E-state index contributed by atoms with van der Waals surface area (Å²) in [6.07, 6.45) is 0. The smallest absolute Gasteiger partial charge is 0.297 e. The Bertz CT molecular complexity index is 956. The molecule has 0 bridgehead atoms. The Hall–Kier alpha value is -2.65. The first-order valence-electron chi connectivity index (χ1n) is 7.66. The molecule has 0 N–H and O–H groups in total. The molecule has 128 valence electrons. The van der Waals surface area contributed by atoms with E-state index < -0.39 is 10.7 Å². The second-order valence-electron chi connectivity index (χ2n) is 5.54. The highest BCUT2D eigenvalue weighted by Gasteiger charge is 2.23. The lowest BCUT2D eigenvalue weighted by Crippen LogP contribution is -2.36. The minimum absolute atomic E-state index is 0.121. The molecule has 7 nitrogen and oxygen atoms in total. The number of thiazole rings is 1. The van der Waals surface area contributed by atoms with Crippen LogP contribution in [-0.2, 0) is 4.74 Å². The van der Waals surface area contributed by atoms with E-state index in [1.807, 2.05) is 0 Å². The fourth-order valence-electron chi connectivity index (χ4n) is 2.72. The van der Waals surface area contributed by atoms with Crippen molar-refractivity contribution in [3.8, 4) is 11.3 Å². The second kappa shape index (κ2) is 6.34. The molecule has 0 saturated carbocycles. The zero-order valence-electron chi connectivity index (χ0n) is 13.0. The van der Waals surface area contributed by atoms with Gasteiger partial charge in [0.05, 0.1) is 22.8 Å². The molecule has 9 heteroatoms.